The van der Waals surface area contributed by atoms with Crippen LogP contribution in [0.2, 0.25) is 0 Å². The van der Waals surface area contributed by atoms with Crippen LogP contribution in [-0.4, -0.2) is 17.2 Å². The molecular formula is C20H13BO3. The van der Waals surface area contributed by atoms with E-state index >= 15 is 0 Å². The van der Waals surface area contributed by atoms with E-state index < -0.39 is 7.12 Å². The molecule has 1 heterocycles. The van der Waals surface area contributed by atoms with E-state index in [1.807, 2.05) is 12.1 Å². The third kappa shape index (κ3) is 1.87. The molecule has 4 aromatic carbocycles. The summed E-state index contributed by atoms with van der Waals surface area (Å²) in [6.45, 7) is 0. The van der Waals surface area contributed by atoms with Crippen molar-refractivity contribution in [3.63, 3.8) is 0 Å². The predicted octanol–water partition coefficient (Wildman–Crippen LogP) is 3.57. The molecule has 0 amide bonds. The standard InChI is InChI=1S/C20H13BO3/c22-21(23)16-4-1-12-7-13-2-5-18-17(19(13)9-15(12)8-16)6-3-14-10-24-11-20(14)18/h1-11,22-23H. The molecule has 0 unspecified atom stereocenters. The number of hydrogen-bond donors (Lipinski definition) is 2. The van der Waals surface area contributed by atoms with Crippen LogP contribution in [0.15, 0.2) is 71.5 Å². The Hall–Kier alpha value is -2.82. The fourth-order valence-electron chi connectivity index (χ4n) is 3.52. The second kappa shape index (κ2) is 4.84. The van der Waals surface area contributed by atoms with Gasteiger partial charge in [0.25, 0.3) is 0 Å². The third-order valence-corrected chi connectivity index (χ3v) is 4.75. The largest absolute Gasteiger partial charge is 0.488 e. The number of rotatable bonds is 1. The van der Waals surface area contributed by atoms with Gasteiger partial charge < -0.3 is 14.5 Å². The first-order valence-electron chi connectivity index (χ1n) is 7.82. The van der Waals surface area contributed by atoms with Gasteiger partial charge in [0.15, 0.2) is 0 Å². The maximum absolute atomic E-state index is 9.41. The van der Waals surface area contributed by atoms with Gasteiger partial charge in [0.05, 0.1) is 12.5 Å². The Kier molecular flexibility index (Phi) is 2.74. The first-order valence-corrected chi connectivity index (χ1v) is 7.82. The van der Waals surface area contributed by atoms with E-state index in [0.717, 1.165) is 37.7 Å². The lowest BCUT2D eigenvalue weighted by atomic mass is 9.79. The highest BCUT2D eigenvalue weighted by Crippen LogP contribution is 2.33. The molecule has 0 spiro atoms. The first kappa shape index (κ1) is 13.6. The molecule has 0 fully saturated rings. The topological polar surface area (TPSA) is 53.6 Å². The van der Waals surface area contributed by atoms with Crippen LogP contribution in [0.3, 0.4) is 0 Å². The second-order valence-electron chi connectivity index (χ2n) is 6.15. The van der Waals surface area contributed by atoms with Gasteiger partial charge in [0, 0.05) is 10.8 Å². The average molecular weight is 312 g/mol. The van der Waals surface area contributed by atoms with Gasteiger partial charge in [-0.2, -0.15) is 0 Å². The molecule has 1 aromatic heterocycles. The summed E-state index contributed by atoms with van der Waals surface area (Å²) in [5, 5.41) is 27.7. The van der Waals surface area contributed by atoms with E-state index in [2.05, 4.69) is 36.4 Å². The molecular weight excluding hydrogens is 299 g/mol. The Morgan fingerprint density at radius 3 is 2.17 bits per heavy atom. The Balaban J connectivity index is 1.92. The molecule has 0 aliphatic heterocycles. The van der Waals surface area contributed by atoms with E-state index in [1.54, 1.807) is 18.6 Å². The molecule has 0 radical (unpaired) electrons. The zero-order valence-electron chi connectivity index (χ0n) is 12.7. The van der Waals surface area contributed by atoms with Gasteiger partial charge in [-0.25, -0.2) is 0 Å². The average Bonchev–Trinajstić information content (AvgIpc) is 3.08. The highest BCUT2D eigenvalue weighted by atomic mass is 16.4. The van der Waals surface area contributed by atoms with Crippen LogP contribution >= 0.6 is 0 Å². The molecule has 0 bridgehead atoms. The minimum absolute atomic E-state index is 0.499. The minimum atomic E-state index is -1.46. The minimum Gasteiger partial charge on any atom is -0.471 e. The summed E-state index contributed by atoms with van der Waals surface area (Å²) >= 11 is 0. The van der Waals surface area contributed by atoms with Crippen molar-refractivity contribution in [2.45, 2.75) is 0 Å². The zero-order chi connectivity index (χ0) is 16.3. The SMILES string of the molecule is OB(O)c1ccc2cc3ccc4c5cocc5ccc4c3cc2c1. The van der Waals surface area contributed by atoms with Crippen LogP contribution in [0.5, 0.6) is 0 Å². The molecule has 0 atom stereocenters. The van der Waals surface area contributed by atoms with Crippen molar-refractivity contribution >= 4 is 55.7 Å². The summed E-state index contributed by atoms with van der Waals surface area (Å²) in [4.78, 5) is 0. The maximum Gasteiger partial charge on any atom is 0.488 e. The van der Waals surface area contributed by atoms with Crippen LogP contribution in [0.25, 0.3) is 43.1 Å². The quantitative estimate of drug-likeness (QED) is 0.283. The van der Waals surface area contributed by atoms with Gasteiger partial charge >= 0.3 is 7.12 Å². The molecule has 5 rings (SSSR count). The highest BCUT2D eigenvalue weighted by Gasteiger charge is 2.12. The summed E-state index contributed by atoms with van der Waals surface area (Å²) in [6.07, 6.45) is 3.54. The molecule has 0 aliphatic carbocycles. The lowest BCUT2D eigenvalue weighted by molar-refractivity contribution is 0.426. The van der Waals surface area contributed by atoms with Gasteiger partial charge in [0.1, 0.15) is 0 Å². The van der Waals surface area contributed by atoms with Crippen molar-refractivity contribution in [1.82, 2.24) is 0 Å². The van der Waals surface area contributed by atoms with Crippen LogP contribution in [-0.2, 0) is 0 Å². The fraction of sp³-hybridized carbons (Fsp3) is 0. The monoisotopic (exact) mass is 312 g/mol. The molecule has 3 nitrogen and oxygen atoms in total. The van der Waals surface area contributed by atoms with Crippen LogP contribution < -0.4 is 5.46 Å². The van der Waals surface area contributed by atoms with Gasteiger partial charge in [-0.3, -0.25) is 0 Å². The normalized spacial score (nSPS) is 11.8. The summed E-state index contributed by atoms with van der Waals surface area (Å²) in [5.74, 6) is 0. The number of hydrogen-bond acceptors (Lipinski definition) is 3. The third-order valence-electron chi connectivity index (χ3n) is 4.75. The van der Waals surface area contributed by atoms with Crippen molar-refractivity contribution in [2.75, 3.05) is 0 Å². The Morgan fingerprint density at radius 2 is 1.33 bits per heavy atom. The van der Waals surface area contributed by atoms with E-state index in [0.29, 0.717) is 5.46 Å². The lowest BCUT2D eigenvalue weighted by Gasteiger charge is -2.08. The first-order chi connectivity index (χ1) is 11.7. The molecule has 114 valence electrons. The number of furan rings is 1. The molecule has 0 aliphatic rings. The van der Waals surface area contributed by atoms with E-state index in [-0.39, 0.29) is 0 Å². The van der Waals surface area contributed by atoms with Gasteiger partial charge in [-0.05, 0) is 49.9 Å². The summed E-state index contributed by atoms with van der Waals surface area (Å²) in [5.41, 5.74) is 0.499. The molecule has 4 heteroatoms. The highest BCUT2D eigenvalue weighted by molar-refractivity contribution is 6.59. The van der Waals surface area contributed by atoms with Crippen molar-refractivity contribution < 1.29 is 14.5 Å². The zero-order valence-corrected chi connectivity index (χ0v) is 12.7. The van der Waals surface area contributed by atoms with E-state index in [9.17, 15) is 10.0 Å². The van der Waals surface area contributed by atoms with Gasteiger partial charge in [-0.15, -0.1) is 0 Å². The second-order valence-corrected chi connectivity index (χ2v) is 6.15. The predicted molar refractivity (Wildman–Crippen MR) is 98.6 cm³/mol. The van der Waals surface area contributed by atoms with Gasteiger partial charge in [0.2, 0.25) is 0 Å². The van der Waals surface area contributed by atoms with Gasteiger partial charge in [-0.1, -0.05) is 42.5 Å². The molecule has 2 N–H and O–H groups in total. The smallest absolute Gasteiger partial charge is 0.471 e. The van der Waals surface area contributed by atoms with Crippen molar-refractivity contribution in [1.29, 1.82) is 0 Å². The van der Waals surface area contributed by atoms with Crippen molar-refractivity contribution in [3.8, 4) is 0 Å². The van der Waals surface area contributed by atoms with E-state index in [4.69, 9.17) is 4.42 Å². The Bertz CT molecular complexity index is 1240. The number of fused-ring (bicyclic) bond motifs is 6. The van der Waals surface area contributed by atoms with Crippen molar-refractivity contribution in [2.24, 2.45) is 0 Å². The summed E-state index contributed by atoms with van der Waals surface area (Å²) in [6, 6.07) is 18.2. The summed E-state index contributed by atoms with van der Waals surface area (Å²) < 4.78 is 5.34. The van der Waals surface area contributed by atoms with Crippen LogP contribution in [0, 0.1) is 0 Å². The summed E-state index contributed by atoms with van der Waals surface area (Å²) in [7, 11) is -1.46. The van der Waals surface area contributed by atoms with Crippen LogP contribution in [0.1, 0.15) is 0 Å². The number of benzene rings is 4. The molecule has 5 aromatic rings. The molecule has 0 saturated carbocycles. The lowest BCUT2D eigenvalue weighted by Crippen LogP contribution is -2.29. The van der Waals surface area contributed by atoms with Crippen molar-refractivity contribution in [3.05, 3.63) is 67.1 Å². The van der Waals surface area contributed by atoms with Crippen LogP contribution in [0.4, 0.5) is 0 Å². The Labute approximate surface area is 137 Å². The Morgan fingerprint density at radius 1 is 0.583 bits per heavy atom. The maximum atomic E-state index is 9.41. The fourth-order valence-corrected chi connectivity index (χ4v) is 3.52. The molecule has 24 heavy (non-hydrogen) atoms. The molecule has 0 saturated heterocycles. The van der Waals surface area contributed by atoms with E-state index in [1.165, 1.54) is 5.39 Å².